The number of hydrogen-bond acceptors (Lipinski definition) is 4. The van der Waals surface area contributed by atoms with Crippen LogP contribution in [-0.4, -0.2) is 52.8 Å². The van der Waals surface area contributed by atoms with Gasteiger partial charge in [0, 0.05) is 43.6 Å². The first kappa shape index (κ1) is 17.7. The van der Waals surface area contributed by atoms with Gasteiger partial charge in [0.05, 0.1) is 11.3 Å². The average Bonchev–Trinajstić information content (AvgIpc) is 3.14. The summed E-state index contributed by atoms with van der Waals surface area (Å²) < 4.78 is 13.4. The standard InChI is InChI=1S/C21H24FN5/c1-3-18-14-27(13-12-26(18)2)21-19(15-8-10-23-11-9-15)20(24-25-21)16-4-6-17(22)7-5-16/h4-11,18H,3,12-14H2,1-2H3,(H,24,25). The molecule has 1 N–H and O–H groups in total. The Morgan fingerprint density at radius 1 is 1.07 bits per heavy atom. The number of hydrogen-bond donors (Lipinski definition) is 1. The fourth-order valence-corrected chi connectivity index (χ4v) is 3.76. The number of nitrogens with one attached hydrogen (secondary N) is 1. The zero-order valence-corrected chi connectivity index (χ0v) is 15.7. The lowest BCUT2D eigenvalue weighted by atomic mass is 10.0. The number of pyridine rings is 1. The van der Waals surface area contributed by atoms with Crippen LogP contribution in [0.3, 0.4) is 0 Å². The summed E-state index contributed by atoms with van der Waals surface area (Å²) in [6, 6.07) is 11.0. The Bertz CT molecular complexity index is 891. The summed E-state index contributed by atoms with van der Waals surface area (Å²) in [4.78, 5) is 8.91. The van der Waals surface area contributed by atoms with Crippen molar-refractivity contribution < 1.29 is 4.39 Å². The van der Waals surface area contributed by atoms with Crippen LogP contribution in [0.4, 0.5) is 10.2 Å². The number of benzene rings is 1. The molecular formula is C21H24FN5. The van der Waals surface area contributed by atoms with Crippen LogP contribution in [0.2, 0.25) is 0 Å². The molecule has 0 spiro atoms. The maximum atomic E-state index is 13.4. The number of anilines is 1. The third-order valence-corrected chi connectivity index (χ3v) is 5.40. The van der Waals surface area contributed by atoms with Gasteiger partial charge in [0.15, 0.2) is 5.82 Å². The molecule has 3 heterocycles. The van der Waals surface area contributed by atoms with E-state index in [-0.39, 0.29) is 5.82 Å². The van der Waals surface area contributed by atoms with Crippen molar-refractivity contribution >= 4 is 5.82 Å². The summed E-state index contributed by atoms with van der Waals surface area (Å²) in [5.74, 6) is 0.709. The maximum Gasteiger partial charge on any atom is 0.159 e. The quantitative estimate of drug-likeness (QED) is 0.764. The molecule has 0 bridgehead atoms. The smallest absolute Gasteiger partial charge is 0.159 e. The third kappa shape index (κ3) is 3.45. The molecule has 1 aliphatic rings. The monoisotopic (exact) mass is 365 g/mol. The van der Waals surface area contributed by atoms with Crippen LogP contribution in [0, 0.1) is 5.82 Å². The van der Waals surface area contributed by atoms with E-state index < -0.39 is 0 Å². The first-order valence-electron chi connectivity index (χ1n) is 9.37. The minimum Gasteiger partial charge on any atom is -0.352 e. The fourth-order valence-electron chi connectivity index (χ4n) is 3.76. The number of likely N-dealkylation sites (N-methyl/N-ethyl adjacent to an activating group) is 1. The molecule has 3 aromatic rings. The normalized spacial score (nSPS) is 18.0. The molecule has 4 rings (SSSR count). The van der Waals surface area contributed by atoms with Gasteiger partial charge in [-0.1, -0.05) is 6.92 Å². The van der Waals surface area contributed by atoms with E-state index in [1.807, 2.05) is 12.1 Å². The van der Waals surface area contributed by atoms with Crippen molar-refractivity contribution in [1.29, 1.82) is 0 Å². The second kappa shape index (κ2) is 7.48. The molecule has 1 aromatic carbocycles. The highest BCUT2D eigenvalue weighted by Crippen LogP contribution is 2.38. The van der Waals surface area contributed by atoms with Crippen LogP contribution in [0.15, 0.2) is 48.8 Å². The zero-order valence-electron chi connectivity index (χ0n) is 15.7. The first-order valence-corrected chi connectivity index (χ1v) is 9.37. The molecule has 1 aliphatic heterocycles. The van der Waals surface area contributed by atoms with Crippen LogP contribution in [-0.2, 0) is 0 Å². The van der Waals surface area contributed by atoms with Crippen molar-refractivity contribution in [2.75, 3.05) is 31.6 Å². The zero-order chi connectivity index (χ0) is 18.8. The number of halogens is 1. The largest absolute Gasteiger partial charge is 0.352 e. The molecule has 0 saturated carbocycles. The highest BCUT2D eigenvalue weighted by Gasteiger charge is 2.28. The van der Waals surface area contributed by atoms with E-state index in [9.17, 15) is 4.39 Å². The van der Waals surface area contributed by atoms with Crippen molar-refractivity contribution in [3.63, 3.8) is 0 Å². The second-order valence-electron chi connectivity index (χ2n) is 7.03. The van der Waals surface area contributed by atoms with E-state index in [0.717, 1.165) is 54.3 Å². The highest BCUT2D eigenvalue weighted by molar-refractivity contribution is 5.89. The summed E-state index contributed by atoms with van der Waals surface area (Å²) in [5, 5.41) is 7.88. The Morgan fingerprint density at radius 3 is 2.52 bits per heavy atom. The molecule has 1 fully saturated rings. The summed E-state index contributed by atoms with van der Waals surface area (Å²) in [6.07, 6.45) is 4.69. The second-order valence-corrected chi connectivity index (χ2v) is 7.03. The van der Waals surface area contributed by atoms with Gasteiger partial charge in [-0.3, -0.25) is 15.0 Å². The van der Waals surface area contributed by atoms with Gasteiger partial charge in [0.1, 0.15) is 5.82 Å². The van der Waals surface area contributed by atoms with E-state index in [0.29, 0.717) is 6.04 Å². The van der Waals surface area contributed by atoms with Crippen molar-refractivity contribution in [3.8, 4) is 22.4 Å². The number of H-pyrrole nitrogens is 1. The van der Waals surface area contributed by atoms with E-state index in [1.54, 1.807) is 24.5 Å². The summed E-state index contributed by atoms with van der Waals surface area (Å²) >= 11 is 0. The summed E-state index contributed by atoms with van der Waals surface area (Å²) in [5.41, 5.74) is 3.93. The molecule has 1 unspecified atom stereocenters. The van der Waals surface area contributed by atoms with Crippen LogP contribution < -0.4 is 4.90 Å². The molecule has 1 atom stereocenters. The van der Waals surface area contributed by atoms with Crippen LogP contribution >= 0.6 is 0 Å². The Labute approximate surface area is 158 Å². The fraction of sp³-hybridized carbons (Fsp3) is 0.333. The number of rotatable bonds is 4. The van der Waals surface area contributed by atoms with E-state index in [2.05, 4.69) is 39.0 Å². The molecular weight excluding hydrogens is 341 g/mol. The average molecular weight is 365 g/mol. The van der Waals surface area contributed by atoms with E-state index >= 15 is 0 Å². The lowest BCUT2D eigenvalue weighted by Crippen LogP contribution is -2.51. The van der Waals surface area contributed by atoms with E-state index in [1.165, 1.54) is 12.1 Å². The Kier molecular flexibility index (Phi) is 4.90. The molecule has 2 aromatic heterocycles. The predicted molar refractivity (Wildman–Crippen MR) is 106 cm³/mol. The highest BCUT2D eigenvalue weighted by atomic mass is 19.1. The topological polar surface area (TPSA) is 48.1 Å². The van der Waals surface area contributed by atoms with Crippen molar-refractivity contribution in [1.82, 2.24) is 20.1 Å². The number of aromatic nitrogens is 3. The molecule has 0 amide bonds. The molecule has 6 heteroatoms. The third-order valence-electron chi connectivity index (χ3n) is 5.40. The van der Waals surface area contributed by atoms with Crippen LogP contribution in [0.1, 0.15) is 13.3 Å². The number of aromatic amines is 1. The minimum absolute atomic E-state index is 0.242. The molecule has 5 nitrogen and oxygen atoms in total. The molecule has 27 heavy (non-hydrogen) atoms. The first-order chi connectivity index (χ1) is 13.2. The molecule has 0 radical (unpaired) electrons. The van der Waals surface area contributed by atoms with Gasteiger partial charge in [0.25, 0.3) is 0 Å². The van der Waals surface area contributed by atoms with Gasteiger partial charge in [-0.25, -0.2) is 4.39 Å². The molecule has 1 saturated heterocycles. The van der Waals surface area contributed by atoms with Crippen LogP contribution in [0.25, 0.3) is 22.4 Å². The predicted octanol–water partition coefficient (Wildman–Crippen LogP) is 3.81. The van der Waals surface area contributed by atoms with Gasteiger partial charge in [-0.05, 0) is 55.4 Å². The Balaban J connectivity index is 1.79. The van der Waals surface area contributed by atoms with Crippen molar-refractivity contribution in [2.45, 2.75) is 19.4 Å². The Hall–Kier alpha value is -2.73. The molecule has 0 aliphatic carbocycles. The number of nitrogens with zero attached hydrogens (tertiary/aromatic N) is 4. The molecule has 140 valence electrons. The van der Waals surface area contributed by atoms with Crippen LogP contribution in [0.5, 0.6) is 0 Å². The van der Waals surface area contributed by atoms with E-state index in [4.69, 9.17) is 0 Å². The SMILES string of the molecule is CCC1CN(c2n[nH]c(-c3ccc(F)cc3)c2-c2ccncc2)CCN1C. The Morgan fingerprint density at radius 2 is 1.81 bits per heavy atom. The van der Waals surface area contributed by atoms with Gasteiger partial charge >= 0.3 is 0 Å². The van der Waals surface area contributed by atoms with Crippen molar-refractivity contribution in [3.05, 3.63) is 54.6 Å². The lowest BCUT2D eigenvalue weighted by molar-refractivity contribution is 0.213. The maximum absolute atomic E-state index is 13.4. The number of piperazine rings is 1. The van der Waals surface area contributed by atoms with Gasteiger partial charge < -0.3 is 4.90 Å². The van der Waals surface area contributed by atoms with Crippen molar-refractivity contribution in [2.24, 2.45) is 0 Å². The lowest BCUT2D eigenvalue weighted by Gasteiger charge is -2.39. The summed E-state index contributed by atoms with van der Waals surface area (Å²) in [6.45, 7) is 5.10. The van der Waals surface area contributed by atoms with Gasteiger partial charge in [-0.2, -0.15) is 5.10 Å². The minimum atomic E-state index is -0.242. The van der Waals surface area contributed by atoms with Gasteiger partial charge in [0.2, 0.25) is 0 Å². The summed E-state index contributed by atoms with van der Waals surface area (Å²) in [7, 11) is 2.18. The van der Waals surface area contributed by atoms with Gasteiger partial charge in [-0.15, -0.1) is 0 Å².